The number of rotatable bonds is 7. The smallest absolute Gasteiger partial charge is 0.338 e. The monoisotopic (exact) mass is 238 g/mol. The fraction of sp³-hybridized carbons (Fsp3) is 0.500. The lowest BCUT2D eigenvalue weighted by molar-refractivity contribution is 0.0692. The van der Waals surface area contributed by atoms with E-state index >= 15 is 0 Å². The molecule has 0 saturated carbocycles. The number of aryl methyl sites for hydroxylation is 1. The first-order valence-electron chi connectivity index (χ1n) is 6.17. The normalized spacial score (nSPS) is 10.5. The van der Waals surface area contributed by atoms with Crippen LogP contribution in [-0.4, -0.2) is 11.1 Å². The van der Waals surface area contributed by atoms with Gasteiger partial charge < -0.3 is 5.11 Å². The molecule has 0 saturated heterocycles. The molecule has 17 heavy (non-hydrogen) atoms. The van der Waals surface area contributed by atoms with Gasteiger partial charge in [0.25, 0.3) is 0 Å². The number of benzene rings is 1. The van der Waals surface area contributed by atoms with Gasteiger partial charge in [0, 0.05) is 0 Å². The lowest BCUT2D eigenvalue weighted by Gasteiger charge is -2.03. The van der Waals surface area contributed by atoms with E-state index in [4.69, 9.17) is 5.11 Å². The topological polar surface area (TPSA) is 37.3 Å². The summed E-state index contributed by atoms with van der Waals surface area (Å²) in [7, 11) is 0. The van der Waals surface area contributed by atoms with Crippen molar-refractivity contribution in [1.29, 1.82) is 0 Å². The number of hydrogen-bond acceptors (Lipinski definition) is 1. The number of unbranched alkanes of at least 4 members (excludes halogenated alkanes) is 4. The summed E-state index contributed by atoms with van der Waals surface area (Å²) < 4.78 is 13.3. The number of aromatic carboxylic acids is 1. The van der Waals surface area contributed by atoms with Crippen LogP contribution in [0, 0.1) is 5.82 Å². The van der Waals surface area contributed by atoms with Crippen LogP contribution in [0.25, 0.3) is 0 Å². The standard InChI is InChI=1S/C14H19FO2/c1-2-3-4-5-6-7-11-8-9-12(14(16)17)13(15)10-11/h8-10H,2-7H2,1H3,(H,16,17). The molecule has 1 aromatic rings. The summed E-state index contributed by atoms with van der Waals surface area (Å²) >= 11 is 0. The minimum absolute atomic E-state index is 0.250. The van der Waals surface area contributed by atoms with Crippen molar-refractivity contribution in [2.45, 2.75) is 45.4 Å². The van der Waals surface area contributed by atoms with Crippen LogP contribution in [0.15, 0.2) is 18.2 Å². The van der Waals surface area contributed by atoms with Gasteiger partial charge in [-0.2, -0.15) is 0 Å². The SMILES string of the molecule is CCCCCCCc1ccc(C(=O)O)c(F)c1. The van der Waals surface area contributed by atoms with Crippen LogP contribution >= 0.6 is 0 Å². The minimum atomic E-state index is -1.21. The Balaban J connectivity index is 2.45. The van der Waals surface area contributed by atoms with Crippen LogP contribution in [0.1, 0.15) is 54.9 Å². The summed E-state index contributed by atoms with van der Waals surface area (Å²) in [4.78, 5) is 10.6. The lowest BCUT2D eigenvalue weighted by Crippen LogP contribution is -2.01. The molecule has 0 aromatic heterocycles. The first-order chi connectivity index (χ1) is 8.15. The Labute approximate surface area is 101 Å². The fourth-order valence-corrected chi connectivity index (χ4v) is 1.82. The van der Waals surface area contributed by atoms with Gasteiger partial charge in [-0.15, -0.1) is 0 Å². The molecule has 0 bridgehead atoms. The predicted octanol–water partition coefficient (Wildman–Crippen LogP) is 4.04. The third-order valence-corrected chi connectivity index (χ3v) is 2.83. The van der Waals surface area contributed by atoms with Gasteiger partial charge in [-0.3, -0.25) is 0 Å². The summed E-state index contributed by atoms with van der Waals surface area (Å²) in [5.41, 5.74) is 0.628. The maximum atomic E-state index is 13.3. The number of carboxylic acid groups (broad SMARTS) is 1. The van der Waals surface area contributed by atoms with E-state index in [1.54, 1.807) is 6.07 Å². The van der Waals surface area contributed by atoms with Crippen molar-refractivity contribution in [3.63, 3.8) is 0 Å². The van der Waals surface area contributed by atoms with E-state index < -0.39 is 11.8 Å². The molecule has 3 heteroatoms. The Bertz CT molecular complexity index is 374. The van der Waals surface area contributed by atoms with Gasteiger partial charge in [-0.1, -0.05) is 38.7 Å². The molecule has 0 aliphatic carbocycles. The molecule has 1 N–H and O–H groups in total. The van der Waals surface area contributed by atoms with Crippen LogP contribution in [0.2, 0.25) is 0 Å². The molecule has 0 unspecified atom stereocenters. The fourth-order valence-electron chi connectivity index (χ4n) is 1.82. The molecule has 94 valence electrons. The van der Waals surface area contributed by atoms with E-state index in [-0.39, 0.29) is 5.56 Å². The van der Waals surface area contributed by atoms with Crippen LogP contribution < -0.4 is 0 Å². The molecule has 2 nitrogen and oxygen atoms in total. The van der Waals surface area contributed by atoms with Crippen molar-refractivity contribution in [3.8, 4) is 0 Å². The van der Waals surface area contributed by atoms with Gasteiger partial charge in [-0.25, -0.2) is 9.18 Å². The number of carboxylic acids is 1. The summed E-state index contributed by atoms with van der Waals surface area (Å²) in [5, 5.41) is 8.69. The minimum Gasteiger partial charge on any atom is -0.478 e. The lowest BCUT2D eigenvalue weighted by atomic mass is 10.0. The second kappa shape index (κ2) is 7.05. The van der Waals surface area contributed by atoms with Crippen LogP contribution in [0.3, 0.4) is 0 Å². The van der Waals surface area contributed by atoms with E-state index in [1.807, 2.05) is 0 Å². The van der Waals surface area contributed by atoms with Crippen molar-refractivity contribution in [3.05, 3.63) is 35.1 Å². The molecule has 0 radical (unpaired) electrons. The Hall–Kier alpha value is -1.38. The van der Waals surface area contributed by atoms with Gasteiger partial charge in [0.15, 0.2) is 0 Å². The van der Waals surface area contributed by atoms with E-state index in [1.165, 1.54) is 31.4 Å². The van der Waals surface area contributed by atoms with Crippen LogP contribution in [0.4, 0.5) is 4.39 Å². The Kier molecular flexibility index (Phi) is 5.67. The van der Waals surface area contributed by atoms with Gasteiger partial charge in [-0.05, 0) is 30.5 Å². The first-order valence-corrected chi connectivity index (χ1v) is 6.17. The number of halogens is 1. The van der Waals surface area contributed by atoms with Crippen LogP contribution in [0.5, 0.6) is 0 Å². The van der Waals surface area contributed by atoms with Crippen molar-refractivity contribution in [1.82, 2.24) is 0 Å². The van der Waals surface area contributed by atoms with E-state index in [2.05, 4.69) is 6.92 Å². The third-order valence-electron chi connectivity index (χ3n) is 2.83. The van der Waals surface area contributed by atoms with Crippen molar-refractivity contribution >= 4 is 5.97 Å². The number of hydrogen-bond donors (Lipinski definition) is 1. The summed E-state index contributed by atoms with van der Waals surface area (Å²) in [6, 6.07) is 4.38. The molecule has 1 rings (SSSR count). The Morgan fingerprint density at radius 1 is 1.24 bits per heavy atom. The molecule has 0 aliphatic rings. The molecule has 0 spiro atoms. The first kappa shape index (κ1) is 13.7. The average molecular weight is 238 g/mol. The average Bonchev–Trinajstić information content (AvgIpc) is 2.28. The van der Waals surface area contributed by atoms with Gasteiger partial charge in [0.2, 0.25) is 0 Å². The molecular weight excluding hydrogens is 219 g/mol. The maximum absolute atomic E-state index is 13.3. The highest BCUT2D eigenvalue weighted by Gasteiger charge is 2.09. The second-order valence-corrected chi connectivity index (χ2v) is 4.28. The van der Waals surface area contributed by atoms with Gasteiger partial charge >= 0.3 is 5.97 Å². The Morgan fingerprint density at radius 3 is 2.53 bits per heavy atom. The highest BCUT2D eigenvalue weighted by molar-refractivity contribution is 5.87. The van der Waals surface area contributed by atoms with Crippen molar-refractivity contribution in [2.75, 3.05) is 0 Å². The summed E-state index contributed by atoms with van der Waals surface area (Å²) in [6.45, 7) is 2.17. The largest absolute Gasteiger partial charge is 0.478 e. The number of carbonyl (C=O) groups is 1. The van der Waals surface area contributed by atoms with Crippen molar-refractivity contribution < 1.29 is 14.3 Å². The maximum Gasteiger partial charge on any atom is 0.338 e. The highest BCUT2D eigenvalue weighted by Crippen LogP contribution is 2.13. The van der Waals surface area contributed by atoms with Crippen molar-refractivity contribution in [2.24, 2.45) is 0 Å². The molecule has 0 atom stereocenters. The quantitative estimate of drug-likeness (QED) is 0.728. The van der Waals surface area contributed by atoms with Crippen LogP contribution in [-0.2, 0) is 6.42 Å². The molecule has 0 amide bonds. The van der Waals surface area contributed by atoms with Gasteiger partial charge in [0.05, 0.1) is 5.56 Å². The second-order valence-electron chi connectivity index (χ2n) is 4.28. The molecule has 0 fully saturated rings. The van der Waals surface area contributed by atoms with E-state index in [0.717, 1.165) is 24.8 Å². The van der Waals surface area contributed by atoms with E-state index in [0.29, 0.717) is 0 Å². The highest BCUT2D eigenvalue weighted by atomic mass is 19.1. The zero-order valence-electron chi connectivity index (χ0n) is 10.2. The third kappa shape index (κ3) is 4.55. The molecule has 0 aliphatic heterocycles. The van der Waals surface area contributed by atoms with E-state index in [9.17, 15) is 9.18 Å². The zero-order chi connectivity index (χ0) is 12.7. The Morgan fingerprint density at radius 2 is 1.94 bits per heavy atom. The summed E-state index contributed by atoms with van der Waals surface area (Å²) in [6.07, 6.45) is 6.67. The molecular formula is C14H19FO2. The molecule has 1 aromatic carbocycles. The summed E-state index contributed by atoms with van der Waals surface area (Å²) in [5.74, 6) is -1.85. The zero-order valence-corrected chi connectivity index (χ0v) is 10.2. The molecule has 0 heterocycles. The predicted molar refractivity (Wildman–Crippen MR) is 65.8 cm³/mol. The van der Waals surface area contributed by atoms with Gasteiger partial charge in [0.1, 0.15) is 5.82 Å².